The number of aromatic nitrogens is 1. The zero-order valence-corrected chi connectivity index (χ0v) is 10.6. The Balaban J connectivity index is 1.86. The van der Waals surface area contributed by atoms with Crippen molar-refractivity contribution in [2.75, 3.05) is 0 Å². The van der Waals surface area contributed by atoms with Gasteiger partial charge in [-0.15, -0.1) is 0 Å². The summed E-state index contributed by atoms with van der Waals surface area (Å²) in [5.74, 6) is 1.37. The molecular weight excluding hydrogens is 214 g/mol. The minimum Gasteiger partial charge on any atom is -0.489 e. The lowest BCUT2D eigenvalue weighted by Crippen LogP contribution is -2.10. The fraction of sp³-hybridized carbons (Fsp3) is 0.643. The number of hydrogen-bond acceptors (Lipinski definition) is 3. The molecule has 17 heavy (non-hydrogen) atoms. The number of rotatable bonds is 6. The third kappa shape index (κ3) is 4.00. The largest absolute Gasteiger partial charge is 0.489 e. The van der Waals surface area contributed by atoms with Crippen molar-refractivity contribution in [1.29, 1.82) is 0 Å². The second-order valence-electron chi connectivity index (χ2n) is 5.14. The van der Waals surface area contributed by atoms with E-state index in [4.69, 9.17) is 4.74 Å². The number of aliphatic hydroxyl groups is 1. The Bertz CT molecular complexity index is 361. The third-order valence-corrected chi connectivity index (χ3v) is 3.04. The van der Waals surface area contributed by atoms with Gasteiger partial charge in [-0.25, -0.2) is 0 Å². The Kier molecular flexibility index (Phi) is 4.00. The van der Waals surface area contributed by atoms with Crippen molar-refractivity contribution in [3.8, 4) is 5.75 Å². The molecule has 94 valence electrons. The van der Waals surface area contributed by atoms with Crippen LogP contribution in [0.2, 0.25) is 0 Å². The molecule has 0 bridgehead atoms. The van der Waals surface area contributed by atoms with Crippen molar-refractivity contribution in [3.63, 3.8) is 0 Å². The van der Waals surface area contributed by atoms with Crippen LogP contribution < -0.4 is 4.74 Å². The predicted molar refractivity (Wildman–Crippen MR) is 67.1 cm³/mol. The summed E-state index contributed by atoms with van der Waals surface area (Å²) in [5.41, 5.74) is 1.14. The molecule has 0 radical (unpaired) electrons. The van der Waals surface area contributed by atoms with E-state index in [-0.39, 0.29) is 12.2 Å². The minimum atomic E-state index is -0.135. The van der Waals surface area contributed by atoms with Crippen LogP contribution in [-0.4, -0.2) is 22.3 Å². The molecule has 2 rings (SSSR count). The van der Waals surface area contributed by atoms with Gasteiger partial charge >= 0.3 is 0 Å². The van der Waals surface area contributed by atoms with Crippen LogP contribution in [0.1, 0.15) is 38.7 Å². The maximum Gasteiger partial charge on any atom is 0.138 e. The molecule has 3 nitrogen and oxygen atoms in total. The molecule has 1 saturated carbocycles. The van der Waals surface area contributed by atoms with Crippen molar-refractivity contribution in [1.82, 2.24) is 4.98 Å². The summed E-state index contributed by atoms with van der Waals surface area (Å²) in [6.07, 6.45) is 7.71. The van der Waals surface area contributed by atoms with Crippen LogP contribution in [0.25, 0.3) is 0 Å². The van der Waals surface area contributed by atoms with Gasteiger partial charge in [0.25, 0.3) is 0 Å². The van der Waals surface area contributed by atoms with Crippen LogP contribution >= 0.6 is 0 Å². The van der Waals surface area contributed by atoms with E-state index in [1.807, 2.05) is 26.1 Å². The van der Waals surface area contributed by atoms with Crippen LogP contribution in [0.3, 0.4) is 0 Å². The van der Waals surface area contributed by atoms with E-state index in [0.29, 0.717) is 5.92 Å². The van der Waals surface area contributed by atoms with Gasteiger partial charge < -0.3 is 9.84 Å². The molecule has 0 aliphatic heterocycles. The number of hydrogen-bond donors (Lipinski definition) is 1. The Hall–Kier alpha value is -1.09. The third-order valence-electron chi connectivity index (χ3n) is 3.04. The van der Waals surface area contributed by atoms with Crippen molar-refractivity contribution < 1.29 is 9.84 Å². The zero-order chi connectivity index (χ0) is 12.3. The first-order valence-electron chi connectivity index (χ1n) is 6.44. The van der Waals surface area contributed by atoms with E-state index in [9.17, 15) is 5.11 Å². The van der Waals surface area contributed by atoms with Crippen LogP contribution in [0.15, 0.2) is 18.5 Å². The van der Waals surface area contributed by atoms with Crippen LogP contribution in [0.5, 0.6) is 5.75 Å². The highest BCUT2D eigenvalue weighted by molar-refractivity contribution is 5.23. The summed E-state index contributed by atoms with van der Waals surface area (Å²) in [7, 11) is 0. The van der Waals surface area contributed by atoms with E-state index >= 15 is 0 Å². The zero-order valence-electron chi connectivity index (χ0n) is 10.6. The van der Waals surface area contributed by atoms with Crippen molar-refractivity contribution >= 4 is 0 Å². The van der Waals surface area contributed by atoms with E-state index < -0.39 is 0 Å². The van der Waals surface area contributed by atoms with E-state index in [0.717, 1.165) is 24.2 Å². The maximum atomic E-state index is 9.81. The number of ether oxygens (including phenoxy) is 1. The highest BCUT2D eigenvalue weighted by atomic mass is 16.5. The summed E-state index contributed by atoms with van der Waals surface area (Å²) in [4.78, 5) is 4.17. The van der Waals surface area contributed by atoms with Gasteiger partial charge in [-0.1, -0.05) is 0 Å². The quantitative estimate of drug-likeness (QED) is 0.824. The maximum absolute atomic E-state index is 9.81. The fourth-order valence-corrected chi connectivity index (χ4v) is 1.97. The van der Waals surface area contributed by atoms with Gasteiger partial charge in [0, 0.05) is 6.20 Å². The van der Waals surface area contributed by atoms with Gasteiger partial charge in [0.2, 0.25) is 0 Å². The second kappa shape index (κ2) is 5.50. The molecule has 1 unspecified atom stereocenters. The van der Waals surface area contributed by atoms with Gasteiger partial charge in [0.05, 0.1) is 18.4 Å². The minimum absolute atomic E-state index is 0.135. The Labute approximate surface area is 103 Å². The second-order valence-corrected chi connectivity index (χ2v) is 5.14. The van der Waals surface area contributed by atoms with Crippen LogP contribution in [0.4, 0.5) is 0 Å². The molecule has 3 heteroatoms. The number of nitrogens with zero attached hydrogens (tertiary/aromatic N) is 1. The van der Waals surface area contributed by atoms with Gasteiger partial charge in [-0.05, 0) is 57.1 Å². The van der Waals surface area contributed by atoms with Crippen LogP contribution in [-0.2, 0) is 6.42 Å². The SMILES string of the molecule is CC(C)Oc1cncc(CCC(O)C2CC2)c1. The van der Waals surface area contributed by atoms with Gasteiger partial charge in [0.15, 0.2) is 0 Å². The molecule has 1 N–H and O–H groups in total. The Morgan fingerprint density at radius 1 is 1.41 bits per heavy atom. The standard InChI is InChI=1S/C14H21NO2/c1-10(2)17-13-7-11(8-15-9-13)3-6-14(16)12-4-5-12/h7-10,12,14,16H,3-6H2,1-2H3. The van der Waals surface area contributed by atoms with E-state index in [1.54, 1.807) is 6.20 Å². The van der Waals surface area contributed by atoms with Crippen molar-refractivity contribution in [2.45, 2.75) is 51.7 Å². The summed E-state index contributed by atoms with van der Waals surface area (Å²) in [6.45, 7) is 4.01. The van der Waals surface area contributed by atoms with Gasteiger partial charge in [-0.2, -0.15) is 0 Å². The lowest BCUT2D eigenvalue weighted by atomic mass is 10.1. The number of pyridine rings is 1. The summed E-state index contributed by atoms with van der Waals surface area (Å²) in [5, 5.41) is 9.81. The lowest BCUT2D eigenvalue weighted by molar-refractivity contribution is 0.142. The highest BCUT2D eigenvalue weighted by Gasteiger charge is 2.29. The summed E-state index contributed by atoms with van der Waals surface area (Å²) >= 11 is 0. The first kappa shape index (κ1) is 12.4. The van der Waals surface area contributed by atoms with E-state index in [2.05, 4.69) is 4.98 Å². The molecule has 1 aromatic rings. The first-order valence-corrected chi connectivity index (χ1v) is 6.44. The average Bonchev–Trinajstić information content (AvgIpc) is 3.09. The smallest absolute Gasteiger partial charge is 0.138 e. The average molecular weight is 235 g/mol. The molecule has 1 aromatic heterocycles. The Morgan fingerprint density at radius 2 is 2.18 bits per heavy atom. The molecule has 1 heterocycles. The molecule has 0 aromatic carbocycles. The molecule has 1 atom stereocenters. The van der Waals surface area contributed by atoms with E-state index in [1.165, 1.54) is 12.8 Å². The predicted octanol–water partition coefficient (Wildman–Crippen LogP) is 2.57. The molecule has 0 spiro atoms. The number of aryl methyl sites for hydroxylation is 1. The monoisotopic (exact) mass is 235 g/mol. The molecule has 0 amide bonds. The summed E-state index contributed by atoms with van der Waals surface area (Å²) in [6, 6.07) is 2.02. The molecular formula is C14H21NO2. The Morgan fingerprint density at radius 3 is 2.82 bits per heavy atom. The van der Waals surface area contributed by atoms with Crippen molar-refractivity contribution in [3.05, 3.63) is 24.0 Å². The molecule has 1 fully saturated rings. The molecule has 1 aliphatic rings. The molecule has 1 aliphatic carbocycles. The molecule has 0 saturated heterocycles. The number of aliphatic hydroxyl groups excluding tert-OH is 1. The topological polar surface area (TPSA) is 42.4 Å². The lowest BCUT2D eigenvalue weighted by Gasteiger charge is -2.11. The normalized spacial score (nSPS) is 17.2. The summed E-state index contributed by atoms with van der Waals surface area (Å²) < 4.78 is 5.60. The fourth-order valence-electron chi connectivity index (χ4n) is 1.97. The van der Waals surface area contributed by atoms with Gasteiger partial charge in [-0.3, -0.25) is 4.98 Å². The first-order chi connectivity index (χ1) is 8.15. The van der Waals surface area contributed by atoms with Gasteiger partial charge in [0.1, 0.15) is 5.75 Å². The van der Waals surface area contributed by atoms with Crippen molar-refractivity contribution in [2.24, 2.45) is 5.92 Å². The van der Waals surface area contributed by atoms with Crippen LogP contribution in [0, 0.1) is 5.92 Å². The highest BCUT2D eigenvalue weighted by Crippen LogP contribution is 2.34.